The minimum Gasteiger partial charge on any atom is -0.496 e. The van der Waals surface area contributed by atoms with E-state index < -0.39 is 22.2 Å². The zero-order valence-corrected chi connectivity index (χ0v) is 19.6. The number of aryl methyl sites for hydroxylation is 1. The van der Waals surface area contributed by atoms with E-state index in [0.29, 0.717) is 35.6 Å². The van der Waals surface area contributed by atoms with Gasteiger partial charge in [0.2, 0.25) is 15.9 Å². The molecular formula is C23H27N3O6S. The van der Waals surface area contributed by atoms with E-state index >= 15 is 0 Å². The maximum Gasteiger partial charge on any atom is 0.265 e. The zero-order chi connectivity index (χ0) is 23.8. The first-order chi connectivity index (χ1) is 15.7. The molecular weight excluding hydrogens is 446 g/mol. The van der Waals surface area contributed by atoms with Crippen LogP contribution in [-0.4, -0.2) is 50.3 Å². The highest BCUT2D eigenvalue weighted by Gasteiger charge is 2.40. The molecule has 0 saturated carbocycles. The molecule has 0 bridgehead atoms. The Kier molecular flexibility index (Phi) is 6.31. The molecule has 0 aliphatic carbocycles. The minimum absolute atomic E-state index is 0.0639. The van der Waals surface area contributed by atoms with Gasteiger partial charge in [0.15, 0.2) is 6.10 Å². The van der Waals surface area contributed by atoms with Gasteiger partial charge in [-0.1, -0.05) is 18.2 Å². The van der Waals surface area contributed by atoms with Crippen LogP contribution < -0.4 is 20.1 Å². The summed E-state index contributed by atoms with van der Waals surface area (Å²) < 4.78 is 39.3. The van der Waals surface area contributed by atoms with Crippen LogP contribution >= 0.6 is 0 Å². The molecule has 2 aromatic rings. The predicted molar refractivity (Wildman–Crippen MR) is 122 cm³/mol. The van der Waals surface area contributed by atoms with Crippen molar-refractivity contribution in [2.75, 3.05) is 19.0 Å². The minimum atomic E-state index is -3.97. The second-order valence-electron chi connectivity index (χ2n) is 8.17. The highest BCUT2D eigenvalue weighted by Crippen LogP contribution is 2.37. The number of anilines is 1. The summed E-state index contributed by atoms with van der Waals surface area (Å²) in [6.45, 7) is 3.73. The number of hydrogen-bond donors (Lipinski definition) is 2. The van der Waals surface area contributed by atoms with Crippen molar-refractivity contribution in [3.8, 4) is 11.5 Å². The lowest BCUT2D eigenvalue weighted by Crippen LogP contribution is -2.45. The maximum atomic E-state index is 13.6. The Morgan fingerprint density at radius 2 is 2.06 bits per heavy atom. The van der Waals surface area contributed by atoms with Crippen molar-refractivity contribution < 1.29 is 27.5 Å². The largest absolute Gasteiger partial charge is 0.496 e. The van der Waals surface area contributed by atoms with Gasteiger partial charge >= 0.3 is 0 Å². The van der Waals surface area contributed by atoms with Crippen LogP contribution in [-0.2, 0) is 26.2 Å². The Hall–Kier alpha value is -3.11. The molecule has 0 unspecified atom stereocenters. The Balaban J connectivity index is 1.56. The van der Waals surface area contributed by atoms with E-state index in [1.807, 2.05) is 18.2 Å². The molecule has 0 spiro atoms. The van der Waals surface area contributed by atoms with Crippen molar-refractivity contribution in [2.24, 2.45) is 0 Å². The molecule has 2 amide bonds. The fourth-order valence-corrected chi connectivity index (χ4v) is 6.07. The lowest BCUT2D eigenvalue weighted by molar-refractivity contribution is -0.124. The van der Waals surface area contributed by atoms with Crippen LogP contribution in [0.15, 0.2) is 41.3 Å². The molecule has 0 aromatic heterocycles. The van der Waals surface area contributed by atoms with Gasteiger partial charge < -0.3 is 20.1 Å². The molecule has 33 heavy (non-hydrogen) atoms. The van der Waals surface area contributed by atoms with E-state index in [1.54, 1.807) is 33.1 Å². The number of hydrogen-bond acceptors (Lipinski definition) is 6. The highest BCUT2D eigenvalue weighted by atomic mass is 32.2. The number of nitrogens with one attached hydrogen (secondary N) is 2. The summed E-state index contributed by atoms with van der Waals surface area (Å²) in [7, 11) is -2.41. The molecule has 1 saturated heterocycles. The Labute approximate surface area is 193 Å². The fourth-order valence-electron chi connectivity index (χ4n) is 4.19. The number of methoxy groups -OCH3 is 1. The number of benzene rings is 2. The number of rotatable bonds is 6. The summed E-state index contributed by atoms with van der Waals surface area (Å²) >= 11 is 0. The zero-order valence-electron chi connectivity index (χ0n) is 18.8. The molecule has 2 aromatic carbocycles. The monoisotopic (exact) mass is 473 g/mol. The van der Waals surface area contributed by atoms with Crippen LogP contribution in [0.4, 0.5) is 5.69 Å². The van der Waals surface area contributed by atoms with Gasteiger partial charge in [0.1, 0.15) is 17.5 Å². The molecule has 2 aliphatic heterocycles. The summed E-state index contributed by atoms with van der Waals surface area (Å²) in [5, 5.41) is 5.57. The van der Waals surface area contributed by atoms with Crippen molar-refractivity contribution in [3.63, 3.8) is 0 Å². The van der Waals surface area contributed by atoms with Gasteiger partial charge in [0, 0.05) is 24.7 Å². The number of carbonyl (C=O) groups is 2. The molecule has 2 atom stereocenters. The first-order valence-electron chi connectivity index (χ1n) is 10.8. The van der Waals surface area contributed by atoms with Crippen LogP contribution in [0, 0.1) is 6.92 Å². The summed E-state index contributed by atoms with van der Waals surface area (Å²) in [4.78, 5) is 24.9. The van der Waals surface area contributed by atoms with Gasteiger partial charge in [-0.2, -0.15) is 4.31 Å². The van der Waals surface area contributed by atoms with Gasteiger partial charge in [-0.05, 0) is 44.4 Å². The van der Waals surface area contributed by atoms with Crippen LogP contribution in [0.5, 0.6) is 11.5 Å². The number of para-hydroxylation sites is 1. The third-order valence-electron chi connectivity index (χ3n) is 5.95. The third kappa shape index (κ3) is 4.40. The molecule has 176 valence electrons. The van der Waals surface area contributed by atoms with E-state index in [4.69, 9.17) is 9.47 Å². The summed E-state index contributed by atoms with van der Waals surface area (Å²) in [5.41, 5.74) is 1.70. The Morgan fingerprint density at radius 3 is 2.82 bits per heavy atom. The topological polar surface area (TPSA) is 114 Å². The van der Waals surface area contributed by atoms with Gasteiger partial charge in [-0.25, -0.2) is 8.42 Å². The smallest absolute Gasteiger partial charge is 0.265 e. The van der Waals surface area contributed by atoms with Gasteiger partial charge in [-0.3, -0.25) is 9.59 Å². The fraction of sp³-hybridized carbons (Fsp3) is 0.391. The average Bonchev–Trinajstić information content (AvgIpc) is 3.29. The third-order valence-corrected chi connectivity index (χ3v) is 8.00. The second-order valence-corrected chi connectivity index (χ2v) is 10.0. The number of fused-ring (bicyclic) bond motifs is 1. The van der Waals surface area contributed by atoms with Gasteiger partial charge in [0.05, 0.1) is 17.7 Å². The number of ether oxygens (including phenoxy) is 2. The SMILES string of the molecule is COc1ccccc1CNC(=O)[C@@H]1CCCN1S(=O)(=O)c1cc2c(cc1C)NC(=O)[C@@H](C)O2. The number of nitrogens with zero attached hydrogens (tertiary/aromatic N) is 1. The molecule has 4 rings (SSSR count). The van der Waals surface area contributed by atoms with E-state index in [-0.39, 0.29) is 29.8 Å². The van der Waals surface area contributed by atoms with Crippen LogP contribution in [0.2, 0.25) is 0 Å². The average molecular weight is 474 g/mol. The molecule has 1 fully saturated rings. The quantitative estimate of drug-likeness (QED) is 0.665. The van der Waals surface area contributed by atoms with Crippen LogP contribution in [0.1, 0.15) is 30.9 Å². The molecule has 0 radical (unpaired) electrons. The Morgan fingerprint density at radius 1 is 1.30 bits per heavy atom. The van der Waals surface area contributed by atoms with Crippen molar-refractivity contribution in [3.05, 3.63) is 47.5 Å². The van der Waals surface area contributed by atoms with E-state index in [1.165, 1.54) is 10.4 Å². The number of carbonyl (C=O) groups excluding carboxylic acids is 2. The summed E-state index contributed by atoms with van der Waals surface area (Å²) in [6.07, 6.45) is 0.292. The molecule has 2 N–H and O–H groups in total. The van der Waals surface area contributed by atoms with Crippen LogP contribution in [0.25, 0.3) is 0 Å². The molecule has 9 nitrogen and oxygen atoms in total. The summed E-state index contributed by atoms with van der Waals surface area (Å²) in [6, 6.07) is 9.54. The summed E-state index contributed by atoms with van der Waals surface area (Å²) in [5.74, 6) is 0.306. The lowest BCUT2D eigenvalue weighted by Gasteiger charge is -2.27. The van der Waals surface area contributed by atoms with Gasteiger partial charge in [0.25, 0.3) is 5.91 Å². The standard InChI is InChI=1S/C23H27N3O6S/c1-14-11-17-20(32-15(2)22(27)25-17)12-21(14)33(29,30)26-10-6-8-18(26)23(28)24-13-16-7-4-5-9-19(16)31-3/h4-5,7,9,11-12,15,18H,6,8,10,13H2,1-3H3,(H,24,28)(H,25,27)/t15-,18+/m1/s1. The number of sulfonamides is 1. The first kappa shape index (κ1) is 23.1. The maximum absolute atomic E-state index is 13.6. The van der Waals surface area contributed by atoms with E-state index in [9.17, 15) is 18.0 Å². The van der Waals surface area contributed by atoms with E-state index in [0.717, 1.165) is 5.56 Å². The van der Waals surface area contributed by atoms with E-state index in [2.05, 4.69) is 10.6 Å². The molecule has 2 aliphatic rings. The van der Waals surface area contributed by atoms with Crippen molar-refractivity contribution in [1.29, 1.82) is 0 Å². The highest BCUT2D eigenvalue weighted by molar-refractivity contribution is 7.89. The first-order valence-corrected chi connectivity index (χ1v) is 12.2. The van der Waals surface area contributed by atoms with Crippen molar-refractivity contribution in [1.82, 2.24) is 9.62 Å². The van der Waals surface area contributed by atoms with Gasteiger partial charge in [-0.15, -0.1) is 0 Å². The normalized spacial score (nSPS) is 20.5. The Bertz CT molecular complexity index is 1200. The lowest BCUT2D eigenvalue weighted by atomic mass is 10.1. The second kappa shape index (κ2) is 9.03. The number of amides is 2. The molecule has 2 heterocycles. The predicted octanol–water partition coefficient (Wildman–Crippen LogP) is 2.19. The van der Waals surface area contributed by atoms with Crippen LogP contribution in [0.3, 0.4) is 0 Å². The van der Waals surface area contributed by atoms with Crippen molar-refractivity contribution >= 4 is 27.5 Å². The van der Waals surface area contributed by atoms with Crippen molar-refractivity contribution in [2.45, 2.75) is 50.3 Å². The molecule has 10 heteroatoms.